The second-order valence-electron chi connectivity index (χ2n) is 4.51. The van der Waals surface area contributed by atoms with E-state index in [0.717, 1.165) is 27.5 Å². The summed E-state index contributed by atoms with van der Waals surface area (Å²) in [7, 11) is 3.27. The number of rotatable bonds is 4. The predicted octanol–water partition coefficient (Wildman–Crippen LogP) is 4.40. The molecule has 4 heteroatoms. The highest BCUT2D eigenvalue weighted by molar-refractivity contribution is 9.10. The van der Waals surface area contributed by atoms with Crippen molar-refractivity contribution in [3.63, 3.8) is 0 Å². The molecular weight excluding hydrogens is 303 g/mol. The summed E-state index contributed by atoms with van der Waals surface area (Å²) in [6.45, 7) is 2.23. The molecule has 1 aromatic rings. The second kappa shape index (κ2) is 5.07. The summed E-state index contributed by atoms with van der Waals surface area (Å²) in [4.78, 5) is 0. The molecule has 0 amide bonds. The molecule has 17 heavy (non-hydrogen) atoms. The molecule has 3 atom stereocenters. The quantitative estimate of drug-likeness (QED) is 0.766. The Morgan fingerprint density at radius 3 is 2.29 bits per heavy atom. The van der Waals surface area contributed by atoms with Gasteiger partial charge in [0.2, 0.25) is 0 Å². The standard InChI is InChI=1S/C13H16BrClO2/c1-7-4-8(7)13(15)9-5-11(16-2)12(17-3)6-10(9)14/h5-8,13H,4H2,1-3H3. The fraction of sp³-hybridized carbons (Fsp3) is 0.538. The lowest BCUT2D eigenvalue weighted by molar-refractivity contribution is 0.354. The zero-order valence-electron chi connectivity index (χ0n) is 10.2. The maximum atomic E-state index is 6.50. The summed E-state index contributed by atoms with van der Waals surface area (Å²) in [6.07, 6.45) is 1.20. The third-order valence-electron chi connectivity index (χ3n) is 3.35. The Morgan fingerprint density at radius 1 is 1.29 bits per heavy atom. The van der Waals surface area contributed by atoms with Gasteiger partial charge in [0.05, 0.1) is 19.6 Å². The molecule has 0 saturated heterocycles. The fourth-order valence-electron chi connectivity index (χ4n) is 2.07. The molecule has 1 saturated carbocycles. The van der Waals surface area contributed by atoms with Crippen LogP contribution in [0.1, 0.15) is 24.3 Å². The number of halogens is 2. The Kier molecular flexibility index (Phi) is 3.88. The van der Waals surface area contributed by atoms with Crippen molar-refractivity contribution in [1.29, 1.82) is 0 Å². The molecule has 0 heterocycles. The summed E-state index contributed by atoms with van der Waals surface area (Å²) in [6, 6.07) is 3.88. The van der Waals surface area contributed by atoms with Crippen molar-refractivity contribution >= 4 is 27.5 Å². The minimum atomic E-state index is 0.0409. The summed E-state index contributed by atoms with van der Waals surface area (Å²) >= 11 is 10.0. The van der Waals surface area contributed by atoms with Gasteiger partial charge in [-0.15, -0.1) is 11.6 Å². The van der Waals surface area contributed by atoms with E-state index in [9.17, 15) is 0 Å². The molecular formula is C13H16BrClO2. The largest absolute Gasteiger partial charge is 0.493 e. The van der Waals surface area contributed by atoms with E-state index < -0.39 is 0 Å². The molecule has 0 spiro atoms. The molecule has 2 rings (SSSR count). The molecule has 1 aliphatic carbocycles. The van der Waals surface area contributed by atoms with Crippen LogP contribution in [0.2, 0.25) is 0 Å². The van der Waals surface area contributed by atoms with Gasteiger partial charge < -0.3 is 9.47 Å². The molecule has 0 aliphatic heterocycles. The lowest BCUT2D eigenvalue weighted by Gasteiger charge is -2.15. The van der Waals surface area contributed by atoms with E-state index in [1.54, 1.807) is 14.2 Å². The van der Waals surface area contributed by atoms with Crippen LogP contribution in [0.25, 0.3) is 0 Å². The Labute approximate surface area is 115 Å². The average molecular weight is 320 g/mol. The highest BCUT2D eigenvalue weighted by Gasteiger charge is 2.40. The van der Waals surface area contributed by atoms with Crippen LogP contribution in [0.15, 0.2) is 16.6 Å². The van der Waals surface area contributed by atoms with Crippen LogP contribution in [0.3, 0.4) is 0 Å². The van der Waals surface area contributed by atoms with E-state index in [4.69, 9.17) is 21.1 Å². The maximum Gasteiger partial charge on any atom is 0.161 e. The molecule has 94 valence electrons. The molecule has 3 unspecified atom stereocenters. The minimum Gasteiger partial charge on any atom is -0.493 e. The number of methoxy groups -OCH3 is 2. The summed E-state index contributed by atoms with van der Waals surface area (Å²) < 4.78 is 11.5. The van der Waals surface area contributed by atoms with Gasteiger partial charge in [0.15, 0.2) is 11.5 Å². The Balaban J connectivity index is 2.33. The molecule has 0 bridgehead atoms. The first-order valence-corrected chi connectivity index (χ1v) is 6.87. The van der Waals surface area contributed by atoms with Crippen LogP contribution in [0.4, 0.5) is 0 Å². The zero-order chi connectivity index (χ0) is 12.6. The predicted molar refractivity (Wildman–Crippen MR) is 73.1 cm³/mol. The van der Waals surface area contributed by atoms with Gasteiger partial charge in [0.25, 0.3) is 0 Å². The van der Waals surface area contributed by atoms with Crippen molar-refractivity contribution in [3.05, 3.63) is 22.2 Å². The highest BCUT2D eigenvalue weighted by Crippen LogP contribution is 2.52. The van der Waals surface area contributed by atoms with E-state index in [1.807, 2.05) is 12.1 Å². The van der Waals surface area contributed by atoms with E-state index in [0.29, 0.717) is 5.92 Å². The molecule has 2 nitrogen and oxygen atoms in total. The van der Waals surface area contributed by atoms with Gasteiger partial charge in [-0.3, -0.25) is 0 Å². The molecule has 1 fully saturated rings. The first-order valence-electron chi connectivity index (χ1n) is 5.64. The van der Waals surface area contributed by atoms with Crippen LogP contribution in [0, 0.1) is 11.8 Å². The van der Waals surface area contributed by atoms with Crippen molar-refractivity contribution in [2.24, 2.45) is 11.8 Å². The minimum absolute atomic E-state index is 0.0409. The highest BCUT2D eigenvalue weighted by atomic mass is 79.9. The van der Waals surface area contributed by atoms with Gasteiger partial charge in [-0.25, -0.2) is 0 Å². The van der Waals surface area contributed by atoms with E-state index in [2.05, 4.69) is 22.9 Å². The fourth-order valence-corrected chi connectivity index (χ4v) is 3.30. The van der Waals surface area contributed by atoms with Gasteiger partial charge >= 0.3 is 0 Å². The van der Waals surface area contributed by atoms with Gasteiger partial charge in [-0.05, 0) is 36.0 Å². The molecule has 1 aliphatic rings. The number of alkyl halides is 1. The van der Waals surface area contributed by atoms with Crippen molar-refractivity contribution in [2.45, 2.75) is 18.7 Å². The number of benzene rings is 1. The summed E-state index contributed by atoms with van der Waals surface area (Å²) in [5.74, 6) is 2.74. The second-order valence-corrected chi connectivity index (χ2v) is 5.83. The summed E-state index contributed by atoms with van der Waals surface area (Å²) in [5, 5.41) is 0.0409. The van der Waals surface area contributed by atoms with Crippen molar-refractivity contribution in [3.8, 4) is 11.5 Å². The third-order valence-corrected chi connectivity index (χ3v) is 4.59. The number of ether oxygens (including phenoxy) is 2. The van der Waals surface area contributed by atoms with Crippen molar-refractivity contribution in [2.75, 3.05) is 14.2 Å². The van der Waals surface area contributed by atoms with Crippen LogP contribution in [0.5, 0.6) is 11.5 Å². The van der Waals surface area contributed by atoms with Crippen LogP contribution < -0.4 is 9.47 Å². The Morgan fingerprint density at radius 2 is 1.82 bits per heavy atom. The van der Waals surface area contributed by atoms with Crippen LogP contribution in [-0.4, -0.2) is 14.2 Å². The SMILES string of the molecule is COc1cc(Br)c(C(Cl)C2CC2C)cc1OC. The first-order chi connectivity index (χ1) is 8.08. The van der Waals surface area contributed by atoms with Gasteiger partial charge in [0, 0.05) is 4.47 Å². The van der Waals surface area contributed by atoms with Gasteiger partial charge in [-0.2, -0.15) is 0 Å². The number of hydrogen-bond acceptors (Lipinski definition) is 2. The van der Waals surface area contributed by atoms with E-state index in [-0.39, 0.29) is 5.38 Å². The Hall–Kier alpha value is -0.410. The third kappa shape index (κ3) is 2.55. The van der Waals surface area contributed by atoms with Crippen LogP contribution in [-0.2, 0) is 0 Å². The number of hydrogen-bond donors (Lipinski definition) is 0. The van der Waals surface area contributed by atoms with Gasteiger partial charge in [0.1, 0.15) is 0 Å². The van der Waals surface area contributed by atoms with Gasteiger partial charge in [-0.1, -0.05) is 22.9 Å². The normalized spacial score (nSPS) is 24.3. The first kappa shape index (κ1) is 13.0. The van der Waals surface area contributed by atoms with Crippen molar-refractivity contribution < 1.29 is 9.47 Å². The van der Waals surface area contributed by atoms with E-state index >= 15 is 0 Å². The lowest BCUT2D eigenvalue weighted by Crippen LogP contribution is -1.99. The molecule has 0 aromatic heterocycles. The van der Waals surface area contributed by atoms with Crippen LogP contribution >= 0.6 is 27.5 Å². The van der Waals surface area contributed by atoms with E-state index in [1.165, 1.54) is 6.42 Å². The summed E-state index contributed by atoms with van der Waals surface area (Å²) in [5.41, 5.74) is 1.08. The molecule has 1 aromatic carbocycles. The smallest absolute Gasteiger partial charge is 0.161 e. The average Bonchev–Trinajstić information content (AvgIpc) is 3.05. The lowest BCUT2D eigenvalue weighted by atomic mass is 10.1. The maximum absolute atomic E-state index is 6.50. The Bertz CT molecular complexity index is 422. The van der Waals surface area contributed by atoms with Crippen molar-refractivity contribution in [1.82, 2.24) is 0 Å². The molecule has 0 N–H and O–H groups in total. The topological polar surface area (TPSA) is 18.5 Å². The molecule has 0 radical (unpaired) electrons. The monoisotopic (exact) mass is 318 g/mol. The zero-order valence-corrected chi connectivity index (χ0v) is 12.5.